The van der Waals surface area contributed by atoms with Gasteiger partial charge in [0.15, 0.2) is 0 Å². The molecule has 0 bridgehead atoms. The third-order valence-electron chi connectivity index (χ3n) is 2.22. The van der Waals surface area contributed by atoms with Crippen molar-refractivity contribution in [2.45, 2.75) is 13.3 Å². The Morgan fingerprint density at radius 3 is 2.69 bits per heavy atom. The largest absolute Gasteiger partial charge is 0.206 e. The Hall–Kier alpha value is -1.37. The van der Waals surface area contributed by atoms with Gasteiger partial charge >= 0.3 is 0 Å². The van der Waals surface area contributed by atoms with Gasteiger partial charge in [-0.2, -0.15) is 0 Å². The molecule has 0 fully saturated rings. The molecule has 13 heavy (non-hydrogen) atoms. The molecule has 0 aliphatic heterocycles. The lowest BCUT2D eigenvalue weighted by Gasteiger charge is -2.04. The normalized spacial score (nSPS) is 15.5. The molecule has 1 radical (unpaired) electrons. The van der Waals surface area contributed by atoms with Gasteiger partial charge in [-0.3, -0.25) is 0 Å². The van der Waals surface area contributed by atoms with Crippen molar-refractivity contribution in [3.05, 3.63) is 53.4 Å². The summed E-state index contributed by atoms with van der Waals surface area (Å²) >= 11 is 0. The molecule has 0 saturated carbocycles. The molecule has 0 nitrogen and oxygen atoms in total. The van der Waals surface area contributed by atoms with Crippen LogP contribution in [0.5, 0.6) is 0 Å². The maximum atomic E-state index is 13.3. The molecule has 1 heteroatoms. The lowest BCUT2D eigenvalue weighted by Crippen LogP contribution is -1.88. The summed E-state index contributed by atoms with van der Waals surface area (Å²) in [4.78, 5) is 0. The molecule has 2 rings (SSSR count). The van der Waals surface area contributed by atoms with Crippen LogP contribution < -0.4 is 0 Å². The summed E-state index contributed by atoms with van der Waals surface area (Å²) in [6.07, 6.45) is 6.01. The third-order valence-corrected chi connectivity index (χ3v) is 2.22. The van der Waals surface area contributed by atoms with E-state index in [0.717, 1.165) is 17.6 Å². The topological polar surface area (TPSA) is 0 Å². The van der Waals surface area contributed by atoms with E-state index in [1.165, 1.54) is 6.07 Å². The summed E-state index contributed by atoms with van der Waals surface area (Å²) in [6.45, 7) is 1.99. The summed E-state index contributed by atoms with van der Waals surface area (Å²) in [5.74, 6) is -0.167. The molecule has 1 aliphatic rings. The van der Waals surface area contributed by atoms with Crippen molar-refractivity contribution in [3.63, 3.8) is 0 Å². The van der Waals surface area contributed by atoms with Crippen molar-refractivity contribution in [2.24, 2.45) is 0 Å². The van der Waals surface area contributed by atoms with Gasteiger partial charge in [-0.15, -0.1) is 0 Å². The van der Waals surface area contributed by atoms with Gasteiger partial charge in [0.05, 0.1) is 0 Å². The average Bonchev–Trinajstić information content (AvgIpc) is 2.52. The van der Waals surface area contributed by atoms with Crippen molar-refractivity contribution in [1.82, 2.24) is 0 Å². The van der Waals surface area contributed by atoms with Crippen molar-refractivity contribution in [2.75, 3.05) is 0 Å². The highest BCUT2D eigenvalue weighted by molar-refractivity contribution is 5.79. The van der Waals surface area contributed by atoms with E-state index in [1.807, 2.05) is 13.0 Å². The maximum Gasteiger partial charge on any atom is 0.131 e. The van der Waals surface area contributed by atoms with Crippen molar-refractivity contribution in [3.8, 4) is 0 Å². The quantitative estimate of drug-likeness (QED) is 0.610. The Bertz CT molecular complexity index is 386. The van der Waals surface area contributed by atoms with E-state index < -0.39 is 0 Å². The summed E-state index contributed by atoms with van der Waals surface area (Å²) in [5.41, 5.74) is 2.69. The van der Waals surface area contributed by atoms with Crippen molar-refractivity contribution >= 4 is 5.57 Å². The molecule has 0 saturated heterocycles. The number of hydrogen-bond acceptors (Lipinski definition) is 0. The van der Waals surface area contributed by atoms with Gasteiger partial charge in [0.2, 0.25) is 0 Å². The molecule has 0 N–H and O–H groups in total. The molecule has 1 aromatic carbocycles. The molecule has 0 heterocycles. The molecule has 0 unspecified atom stereocenters. The van der Waals surface area contributed by atoms with Gasteiger partial charge in [0, 0.05) is 5.56 Å². The van der Waals surface area contributed by atoms with E-state index in [4.69, 9.17) is 0 Å². The fraction of sp³-hybridized carbons (Fsp3) is 0.167. The molecule has 0 aromatic heterocycles. The zero-order valence-corrected chi connectivity index (χ0v) is 7.47. The van der Waals surface area contributed by atoms with Gasteiger partial charge in [-0.1, -0.05) is 24.3 Å². The SMILES string of the molecule is CC1=CC[C]=C1c1ccccc1F. The number of allylic oxidation sites excluding steroid dienone is 4. The number of halogens is 1. The minimum Gasteiger partial charge on any atom is -0.206 e. The first-order valence-electron chi connectivity index (χ1n) is 4.32. The summed E-state index contributed by atoms with van der Waals surface area (Å²) < 4.78 is 13.3. The van der Waals surface area contributed by atoms with Crippen LogP contribution in [0.15, 0.2) is 35.9 Å². The molecule has 1 aliphatic carbocycles. The fourth-order valence-corrected chi connectivity index (χ4v) is 1.52. The fourth-order valence-electron chi connectivity index (χ4n) is 1.52. The average molecular weight is 173 g/mol. The van der Waals surface area contributed by atoms with Crippen LogP contribution in [0.3, 0.4) is 0 Å². The van der Waals surface area contributed by atoms with E-state index in [9.17, 15) is 4.39 Å². The molecule has 1 aromatic rings. The van der Waals surface area contributed by atoms with Crippen molar-refractivity contribution < 1.29 is 4.39 Å². The molecular formula is C12H10F. The molecular weight excluding hydrogens is 163 g/mol. The van der Waals surface area contributed by atoms with Crippen LogP contribution in [0, 0.1) is 11.9 Å². The van der Waals surface area contributed by atoms with Crippen LogP contribution in [0.4, 0.5) is 4.39 Å². The van der Waals surface area contributed by atoms with Crippen LogP contribution >= 0.6 is 0 Å². The number of hydrogen-bond donors (Lipinski definition) is 0. The maximum absolute atomic E-state index is 13.3. The van der Waals surface area contributed by atoms with Crippen LogP contribution in [-0.2, 0) is 0 Å². The Labute approximate surface area is 77.4 Å². The predicted octanol–water partition coefficient (Wildman–Crippen LogP) is 3.36. The van der Waals surface area contributed by atoms with E-state index in [-0.39, 0.29) is 5.82 Å². The van der Waals surface area contributed by atoms with E-state index in [2.05, 4.69) is 12.2 Å². The van der Waals surface area contributed by atoms with Gasteiger partial charge in [0.25, 0.3) is 0 Å². The molecule has 65 valence electrons. The number of benzene rings is 1. The first-order valence-corrected chi connectivity index (χ1v) is 4.32. The first-order chi connectivity index (χ1) is 6.29. The lowest BCUT2D eigenvalue weighted by atomic mass is 10.0. The second kappa shape index (κ2) is 3.17. The highest BCUT2D eigenvalue weighted by atomic mass is 19.1. The number of rotatable bonds is 1. The van der Waals surface area contributed by atoms with E-state index in [0.29, 0.717) is 5.56 Å². The van der Waals surface area contributed by atoms with E-state index >= 15 is 0 Å². The van der Waals surface area contributed by atoms with Gasteiger partial charge in [-0.25, -0.2) is 4.39 Å². The second-order valence-corrected chi connectivity index (χ2v) is 3.12. The van der Waals surface area contributed by atoms with Crippen LogP contribution in [0.1, 0.15) is 18.9 Å². The van der Waals surface area contributed by atoms with Gasteiger partial charge in [0.1, 0.15) is 5.82 Å². The summed E-state index contributed by atoms with van der Waals surface area (Å²) in [6, 6.07) is 6.82. The van der Waals surface area contributed by atoms with Crippen LogP contribution in [0.2, 0.25) is 0 Å². The minimum atomic E-state index is -0.167. The third kappa shape index (κ3) is 1.42. The highest BCUT2D eigenvalue weighted by Gasteiger charge is 2.11. The summed E-state index contributed by atoms with van der Waals surface area (Å²) in [5, 5.41) is 0. The first kappa shape index (κ1) is 8.24. The monoisotopic (exact) mass is 173 g/mol. The highest BCUT2D eigenvalue weighted by Crippen LogP contribution is 2.29. The zero-order valence-electron chi connectivity index (χ0n) is 7.47. The second-order valence-electron chi connectivity index (χ2n) is 3.12. The molecule has 0 atom stereocenters. The summed E-state index contributed by atoms with van der Waals surface area (Å²) in [7, 11) is 0. The zero-order chi connectivity index (χ0) is 9.26. The Kier molecular flexibility index (Phi) is 2.01. The molecule has 0 amide bonds. The predicted molar refractivity (Wildman–Crippen MR) is 51.4 cm³/mol. The minimum absolute atomic E-state index is 0.167. The van der Waals surface area contributed by atoms with Crippen LogP contribution in [-0.4, -0.2) is 0 Å². The smallest absolute Gasteiger partial charge is 0.131 e. The Balaban J connectivity index is 2.47. The lowest BCUT2D eigenvalue weighted by molar-refractivity contribution is 0.624. The Morgan fingerprint density at radius 1 is 1.31 bits per heavy atom. The van der Waals surface area contributed by atoms with Crippen LogP contribution in [0.25, 0.3) is 5.57 Å². The standard InChI is InChI=1S/C12H10F/c1-9-5-4-7-10(9)11-6-2-3-8-12(11)13/h2-3,5-6,8H,4H2,1H3. The van der Waals surface area contributed by atoms with Crippen molar-refractivity contribution in [1.29, 1.82) is 0 Å². The van der Waals surface area contributed by atoms with E-state index in [1.54, 1.807) is 12.1 Å². The van der Waals surface area contributed by atoms with Gasteiger partial charge in [-0.05, 0) is 36.6 Å². The van der Waals surface area contributed by atoms with Gasteiger partial charge < -0.3 is 0 Å². The molecule has 0 spiro atoms. The Morgan fingerprint density at radius 2 is 2.08 bits per heavy atom.